The van der Waals surface area contributed by atoms with Gasteiger partial charge in [0.1, 0.15) is 11.2 Å². The molecule has 6 rings (SSSR count). The molecule has 6 aromatic carbocycles. The van der Waals surface area contributed by atoms with Crippen molar-refractivity contribution in [3.05, 3.63) is 215 Å². The molecule has 0 bridgehead atoms. The fraction of sp³-hybridized carbons (Fsp3) is 0.661. The number of hydrogen-bond acceptors (Lipinski definition) is 36. The molecule has 6 aromatic rings. The number of benzene rings is 6. The Morgan fingerprint density at radius 1 is 0.242 bits per heavy atom. The zero-order valence-corrected chi connectivity index (χ0v) is 90.5. The van der Waals surface area contributed by atoms with Crippen LogP contribution in [0.5, 0.6) is 0 Å². The van der Waals surface area contributed by atoms with E-state index in [1.54, 1.807) is 0 Å². The summed E-state index contributed by atoms with van der Waals surface area (Å²) >= 11 is 0. The second-order valence-corrected chi connectivity index (χ2v) is 34.9. The number of nitriles is 2. The Morgan fingerprint density at radius 2 is 0.436 bits per heavy atom. The molecule has 0 aliphatic carbocycles. The first-order valence-electron chi connectivity index (χ1n) is 53.2. The maximum atomic E-state index is 10.8. The van der Waals surface area contributed by atoms with Gasteiger partial charge in [0.15, 0.2) is 0 Å². The van der Waals surface area contributed by atoms with Gasteiger partial charge in [-0.15, -0.1) is 0 Å². The average Bonchev–Trinajstić information content (AvgIpc) is 0.762. The molecule has 0 unspecified atom stereocenters. The van der Waals surface area contributed by atoms with Crippen molar-refractivity contribution >= 4 is 10.1 Å². The maximum Gasteiger partial charge on any atom is 0.264 e. The molecule has 0 saturated heterocycles. The molecular weight excluding hydrogens is 1940 g/mol. The van der Waals surface area contributed by atoms with Gasteiger partial charge >= 0.3 is 0 Å². The predicted octanol–water partition coefficient (Wildman–Crippen LogP) is 10.9. The van der Waals surface area contributed by atoms with E-state index in [0.29, 0.717) is 290 Å². The summed E-state index contributed by atoms with van der Waals surface area (Å²) in [5.41, 5.74) is 21.4. The Hall–Kier alpha value is -7.03. The molecule has 0 heterocycles. The minimum Gasteiger partial charge on any atom is -0.394 e. The van der Waals surface area contributed by atoms with Crippen LogP contribution in [0.25, 0.3) is 0 Å². The Labute approximate surface area is 891 Å². The van der Waals surface area contributed by atoms with Gasteiger partial charge in [-0.1, -0.05) is 202 Å². The van der Waals surface area contributed by atoms with Crippen molar-refractivity contribution in [2.24, 2.45) is 17.2 Å². The number of unbranched alkanes of at least 4 members (excludes halogenated alkanes) is 8. The maximum absolute atomic E-state index is 10.8. The van der Waals surface area contributed by atoms with Crippen molar-refractivity contribution < 1.29 is 137 Å². The van der Waals surface area contributed by atoms with E-state index in [2.05, 4.69) is 106 Å². The van der Waals surface area contributed by atoms with Crippen LogP contribution in [0.1, 0.15) is 124 Å². The third kappa shape index (κ3) is 79.6. The summed E-state index contributed by atoms with van der Waals surface area (Å²) in [4.78, 5) is 4.85. The summed E-state index contributed by atoms with van der Waals surface area (Å²) in [5, 5.41) is 42.6. The Balaban J connectivity index is 0.000000644. The van der Waals surface area contributed by atoms with Crippen LogP contribution < -0.4 is 17.2 Å². The van der Waals surface area contributed by atoms with Gasteiger partial charge in [-0.05, 0) is 130 Å². The summed E-state index contributed by atoms with van der Waals surface area (Å²) in [6.07, 6.45) is 14.2. The van der Waals surface area contributed by atoms with E-state index in [9.17, 15) is 8.42 Å². The van der Waals surface area contributed by atoms with Gasteiger partial charge in [0, 0.05) is 39.1 Å². The first-order valence-corrected chi connectivity index (χ1v) is 55.0. The molecule has 0 atom stereocenters. The molecule has 0 fully saturated rings. The lowest BCUT2D eigenvalue weighted by Gasteiger charge is -2.36. The van der Waals surface area contributed by atoms with Crippen molar-refractivity contribution in [3.8, 4) is 12.1 Å². The lowest BCUT2D eigenvalue weighted by molar-refractivity contribution is -0.0386. The normalized spacial score (nSPS) is 11.5. The van der Waals surface area contributed by atoms with Gasteiger partial charge in [-0.2, -0.15) is 18.9 Å². The second-order valence-electron chi connectivity index (χ2n) is 33.2. The highest BCUT2D eigenvalue weighted by Gasteiger charge is 2.39. The largest absolute Gasteiger partial charge is 0.394 e. The fourth-order valence-corrected chi connectivity index (χ4v) is 14.6. The van der Waals surface area contributed by atoms with Gasteiger partial charge in [-0.25, -0.2) is 0 Å². The molecule has 0 amide bonds. The molecule has 848 valence electrons. The van der Waals surface area contributed by atoms with Gasteiger partial charge in [-0.3, -0.25) is 4.18 Å². The van der Waals surface area contributed by atoms with Gasteiger partial charge < -0.3 is 151 Å². The number of hydrogen-bond donors (Lipinski definition) is 6. The van der Waals surface area contributed by atoms with E-state index < -0.39 is 21.3 Å². The third-order valence-corrected chi connectivity index (χ3v) is 22.1. The second kappa shape index (κ2) is 107. The van der Waals surface area contributed by atoms with Gasteiger partial charge in [0.25, 0.3) is 10.1 Å². The number of aliphatic hydroxyl groups excluding tert-OH is 3. The molecule has 0 aromatic heterocycles. The van der Waals surface area contributed by atoms with Crippen LogP contribution in [0.4, 0.5) is 0 Å². The highest BCUT2D eigenvalue weighted by atomic mass is 32.2. The van der Waals surface area contributed by atoms with Crippen LogP contribution >= 0.6 is 0 Å². The summed E-state index contributed by atoms with van der Waals surface area (Å²) in [5.74, 6) is 0. The molecule has 0 spiro atoms. The number of nitrogens with two attached hydrogens (primary N) is 3. The summed E-state index contributed by atoms with van der Waals surface area (Å²) in [6.45, 7) is 32.6. The molecule has 149 heavy (non-hydrogen) atoms. The topological polar surface area (TPSA) is 448 Å². The lowest BCUT2D eigenvalue weighted by atomic mass is 9.80. The first kappa shape index (κ1) is 138. The quantitative estimate of drug-likeness (QED) is 0.0117. The van der Waals surface area contributed by atoms with E-state index in [4.69, 9.17) is 152 Å². The number of aliphatic hydroxyl groups is 3. The SMILES string of the molecule is CCCOCCOCCOCCOCCOCCN(CCCCCN)CCCCCN.CS(=O)(=O)OCCOCCOCCOCCOCCOC(c1ccccc1)(c1ccccc1)c1ccccc1.N#CCCCCN(CCCCC#N)CCOCCOCCOCCOCCO.NCCOCCOCCOCCOCCOC(c1ccccc1)(c1ccccc1)c1ccccc1.OCCOCCOCCOCCOCCO. The Bertz CT molecular complexity index is 3700. The van der Waals surface area contributed by atoms with Crippen molar-refractivity contribution in [2.45, 2.75) is 102 Å². The number of rotatable bonds is 100. The van der Waals surface area contributed by atoms with E-state index >= 15 is 0 Å². The predicted molar refractivity (Wildman–Crippen MR) is 577 cm³/mol. The van der Waals surface area contributed by atoms with Crippen LogP contribution in [-0.2, 0) is 134 Å². The number of nitrogens with zero attached hydrogens (tertiary/aromatic N) is 4. The summed E-state index contributed by atoms with van der Waals surface area (Å²) < 4.78 is 153. The molecule has 0 saturated carbocycles. The van der Waals surface area contributed by atoms with E-state index in [1.165, 1.54) is 25.7 Å². The van der Waals surface area contributed by atoms with Crippen LogP contribution in [0, 0.1) is 22.7 Å². The van der Waals surface area contributed by atoms with Crippen LogP contribution in [-0.4, -0.2) is 416 Å². The first-order chi connectivity index (χ1) is 73.5. The standard InChI is InChI=1S/C30H38O8S.C29H37NO5.C23H51N3O5.C20H37N3O5.C10H22O6/c1-39(31,32)38-26-24-36-22-20-34-18-17-33-19-21-35-23-25-37-30(27-11-5-2-6-12-27,28-13-7-3-8-14-28)29-15-9-4-10-16-29;30-16-17-31-18-19-32-20-21-33-22-23-34-24-25-35-29(26-10-4-1-5-11-26,27-12-6-2-7-13-27)28-14-8-3-9-15-28;1-2-14-27-16-18-29-20-22-31-23-21-30-19-17-28-15-13-26(11-7-3-5-9-24)12-8-4-6-10-25;21-7-3-1-5-9-23(10-6-2-4-8-22)11-13-25-15-17-27-19-20-28-18-16-26-14-12-24;11-1-3-13-5-7-15-9-10-16-8-6-14-4-2-12/h2-16H,17-26H2,1H3;1-15H,16-25,30H2;2-25H2,1H3;24H,1-6,9-20H2;11-12H,1-10H2. The van der Waals surface area contributed by atoms with Gasteiger partial charge in [0.05, 0.1) is 329 Å². The van der Waals surface area contributed by atoms with Crippen molar-refractivity contribution in [3.63, 3.8) is 0 Å². The van der Waals surface area contributed by atoms with Crippen LogP contribution in [0.2, 0.25) is 0 Å². The Morgan fingerprint density at radius 3 is 0.638 bits per heavy atom. The zero-order chi connectivity index (χ0) is 107. The van der Waals surface area contributed by atoms with E-state index in [0.717, 1.165) is 150 Å². The van der Waals surface area contributed by atoms with Crippen LogP contribution in [0.15, 0.2) is 182 Å². The van der Waals surface area contributed by atoms with Gasteiger partial charge in [0.2, 0.25) is 0 Å². The van der Waals surface area contributed by atoms with E-state index in [1.807, 2.05) is 109 Å². The number of ether oxygens (including phenoxy) is 23. The Kier molecular flexibility index (Phi) is 98.7. The fourth-order valence-electron chi connectivity index (χ4n) is 14.2. The van der Waals surface area contributed by atoms with Crippen molar-refractivity contribution in [1.29, 1.82) is 10.5 Å². The molecule has 37 heteroatoms. The molecule has 0 aliphatic heterocycles. The van der Waals surface area contributed by atoms with E-state index in [-0.39, 0.29) is 33.0 Å². The molecule has 0 aliphatic rings. The van der Waals surface area contributed by atoms with Crippen molar-refractivity contribution in [1.82, 2.24) is 9.80 Å². The molecule has 9 N–H and O–H groups in total. The molecular formula is C112H185N7O29S. The minimum absolute atomic E-state index is 0.00126. The minimum atomic E-state index is -3.43. The molecule has 0 radical (unpaired) electrons. The third-order valence-electron chi connectivity index (χ3n) is 21.5. The average molecular weight is 2130 g/mol. The van der Waals surface area contributed by atoms with Crippen molar-refractivity contribution in [2.75, 3.05) is 382 Å². The highest BCUT2D eigenvalue weighted by Crippen LogP contribution is 2.42. The zero-order valence-electron chi connectivity index (χ0n) is 89.7. The summed E-state index contributed by atoms with van der Waals surface area (Å²) in [7, 11) is -3.43. The monoisotopic (exact) mass is 2120 g/mol. The smallest absolute Gasteiger partial charge is 0.264 e. The lowest BCUT2D eigenvalue weighted by Crippen LogP contribution is -2.34. The summed E-state index contributed by atoms with van der Waals surface area (Å²) in [6, 6.07) is 66.1. The highest BCUT2D eigenvalue weighted by molar-refractivity contribution is 7.86. The molecule has 36 nitrogen and oxygen atoms in total. The van der Waals surface area contributed by atoms with Crippen LogP contribution in [0.3, 0.4) is 0 Å².